The van der Waals surface area contributed by atoms with Crippen molar-refractivity contribution < 1.29 is 13.5 Å². The fraction of sp³-hybridized carbons (Fsp3) is 0.231. The van der Waals surface area contributed by atoms with Crippen molar-refractivity contribution in [2.45, 2.75) is 17.9 Å². The molecule has 0 saturated carbocycles. The zero-order valence-electron chi connectivity index (χ0n) is 10.7. The van der Waals surface area contributed by atoms with Gasteiger partial charge in [-0.05, 0) is 52.0 Å². The highest BCUT2D eigenvalue weighted by Gasteiger charge is 2.20. The first-order valence-corrected chi connectivity index (χ1v) is 9.03. The smallest absolute Gasteiger partial charge is 0.241 e. The Morgan fingerprint density at radius 3 is 2.65 bits per heavy atom. The second kappa shape index (κ2) is 6.36. The van der Waals surface area contributed by atoms with Crippen molar-refractivity contribution in [1.82, 2.24) is 4.72 Å². The SMILES string of the molecule is Cc1ccsc1C(O)CNS(=O)(=O)c1ccccc1Br. The molecule has 0 aliphatic carbocycles. The van der Waals surface area contributed by atoms with Gasteiger partial charge in [0, 0.05) is 15.9 Å². The molecule has 1 aromatic carbocycles. The largest absolute Gasteiger partial charge is 0.386 e. The van der Waals surface area contributed by atoms with Crippen molar-refractivity contribution in [3.8, 4) is 0 Å². The first kappa shape index (κ1) is 15.7. The van der Waals surface area contributed by atoms with Gasteiger partial charge >= 0.3 is 0 Å². The van der Waals surface area contributed by atoms with Gasteiger partial charge in [-0.3, -0.25) is 0 Å². The number of hydrogen-bond donors (Lipinski definition) is 2. The molecular formula is C13H14BrNO3S2. The van der Waals surface area contributed by atoms with Gasteiger partial charge in [0.1, 0.15) is 6.10 Å². The second-order valence-corrected chi connectivity index (χ2v) is 7.80. The third-order valence-electron chi connectivity index (χ3n) is 2.80. The van der Waals surface area contributed by atoms with Crippen molar-refractivity contribution >= 4 is 37.3 Å². The molecule has 7 heteroatoms. The molecule has 0 amide bonds. The molecule has 1 atom stereocenters. The Balaban J connectivity index is 2.11. The van der Waals surface area contributed by atoms with Crippen LogP contribution >= 0.6 is 27.3 Å². The number of aryl methyl sites for hydroxylation is 1. The highest BCUT2D eigenvalue weighted by Crippen LogP contribution is 2.25. The minimum Gasteiger partial charge on any atom is -0.386 e. The summed E-state index contributed by atoms with van der Waals surface area (Å²) >= 11 is 4.62. The predicted octanol–water partition coefficient (Wildman–Crippen LogP) is 2.83. The maximum absolute atomic E-state index is 12.2. The lowest BCUT2D eigenvalue weighted by molar-refractivity contribution is 0.185. The van der Waals surface area contributed by atoms with E-state index in [1.807, 2.05) is 18.4 Å². The Morgan fingerprint density at radius 1 is 1.35 bits per heavy atom. The van der Waals surface area contributed by atoms with Crippen molar-refractivity contribution in [1.29, 1.82) is 0 Å². The standard InChI is InChI=1S/C13H14BrNO3S2/c1-9-6-7-19-13(9)11(16)8-15-20(17,18)12-5-3-2-4-10(12)14/h2-7,11,15-16H,8H2,1H3. The van der Waals surface area contributed by atoms with Crippen molar-refractivity contribution in [2.24, 2.45) is 0 Å². The molecule has 0 aliphatic heterocycles. The molecule has 1 heterocycles. The van der Waals surface area contributed by atoms with Crippen LogP contribution in [0, 0.1) is 6.92 Å². The minimum atomic E-state index is -3.64. The third kappa shape index (κ3) is 3.48. The molecule has 0 aliphatic rings. The van der Waals surface area contributed by atoms with Gasteiger partial charge in [0.05, 0.1) is 4.90 Å². The van der Waals surface area contributed by atoms with Gasteiger partial charge in [-0.25, -0.2) is 13.1 Å². The Bertz CT molecular complexity index is 697. The lowest BCUT2D eigenvalue weighted by atomic mass is 10.2. The topological polar surface area (TPSA) is 66.4 Å². The number of thiophene rings is 1. The van der Waals surface area contributed by atoms with Gasteiger partial charge in [-0.1, -0.05) is 12.1 Å². The van der Waals surface area contributed by atoms with Crippen molar-refractivity contribution in [3.05, 3.63) is 50.6 Å². The van der Waals surface area contributed by atoms with Crippen molar-refractivity contribution in [3.63, 3.8) is 0 Å². The molecular weight excluding hydrogens is 362 g/mol. The number of sulfonamides is 1. The van der Waals surface area contributed by atoms with Crippen LogP contribution in [-0.2, 0) is 10.0 Å². The van der Waals surface area contributed by atoms with Crippen LogP contribution in [0.5, 0.6) is 0 Å². The van der Waals surface area contributed by atoms with Crippen LogP contribution in [-0.4, -0.2) is 20.1 Å². The van der Waals surface area contributed by atoms with Gasteiger partial charge in [0.2, 0.25) is 10.0 Å². The predicted molar refractivity (Wildman–Crippen MR) is 83.3 cm³/mol. The summed E-state index contributed by atoms with van der Waals surface area (Å²) in [6.45, 7) is 1.84. The monoisotopic (exact) mass is 375 g/mol. The molecule has 0 bridgehead atoms. The number of nitrogens with one attached hydrogen (secondary N) is 1. The summed E-state index contributed by atoms with van der Waals surface area (Å²) in [6, 6.07) is 8.46. The summed E-state index contributed by atoms with van der Waals surface area (Å²) in [7, 11) is -3.64. The molecule has 2 rings (SSSR count). The lowest BCUT2D eigenvalue weighted by Crippen LogP contribution is -2.28. The highest BCUT2D eigenvalue weighted by atomic mass is 79.9. The van der Waals surface area contributed by atoms with Crippen LogP contribution < -0.4 is 4.72 Å². The molecule has 0 radical (unpaired) electrons. The zero-order valence-corrected chi connectivity index (χ0v) is 13.9. The van der Waals surface area contributed by atoms with Gasteiger partial charge in [0.25, 0.3) is 0 Å². The van der Waals surface area contributed by atoms with E-state index in [-0.39, 0.29) is 11.4 Å². The summed E-state index contributed by atoms with van der Waals surface area (Å²) in [5.41, 5.74) is 0.961. The Kier molecular flexibility index (Phi) is 4.98. The molecule has 2 N–H and O–H groups in total. The molecule has 108 valence electrons. The van der Waals surface area contributed by atoms with Gasteiger partial charge in [-0.15, -0.1) is 11.3 Å². The van der Waals surface area contributed by atoms with E-state index in [9.17, 15) is 13.5 Å². The van der Waals surface area contributed by atoms with E-state index in [0.29, 0.717) is 4.47 Å². The number of aliphatic hydroxyl groups is 1. The number of rotatable bonds is 5. The molecule has 0 saturated heterocycles. The molecule has 1 aromatic heterocycles. The van der Waals surface area contributed by atoms with Crippen molar-refractivity contribution in [2.75, 3.05) is 6.54 Å². The summed E-state index contributed by atoms with van der Waals surface area (Å²) in [4.78, 5) is 0.940. The summed E-state index contributed by atoms with van der Waals surface area (Å²) in [5.74, 6) is 0. The van der Waals surface area contributed by atoms with Crippen LogP contribution in [0.15, 0.2) is 45.1 Å². The van der Waals surface area contributed by atoms with Gasteiger partial charge in [0.15, 0.2) is 0 Å². The highest BCUT2D eigenvalue weighted by molar-refractivity contribution is 9.10. The Labute approximate surface area is 130 Å². The Hall–Kier alpha value is -0.730. The maximum Gasteiger partial charge on any atom is 0.241 e. The second-order valence-electron chi connectivity index (χ2n) is 4.27. The molecule has 0 fully saturated rings. The Morgan fingerprint density at radius 2 is 2.05 bits per heavy atom. The van der Waals surface area contributed by atoms with Crippen LogP contribution in [0.3, 0.4) is 0 Å². The fourth-order valence-electron chi connectivity index (χ4n) is 1.75. The summed E-state index contributed by atoms with van der Waals surface area (Å²) in [6.07, 6.45) is -0.840. The van der Waals surface area contributed by atoms with E-state index >= 15 is 0 Å². The fourth-order valence-corrected chi connectivity index (χ4v) is 4.70. The summed E-state index contributed by atoms with van der Waals surface area (Å²) in [5, 5.41) is 11.9. The molecule has 4 nitrogen and oxygen atoms in total. The first-order chi connectivity index (χ1) is 9.42. The first-order valence-electron chi connectivity index (χ1n) is 5.88. The number of hydrogen-bond acceptors (Lipinski definition) is 4. The van der Waals surface area contributed by atoms with E-state index in [4.69, 9.17) is 0 Å². The maximum atomic E-state index is 12.2. The van der Waals surface area contributed by atoms with Crippen LogP contribution in [0.2, 0.25) is 0 Å². The number of halogens is 1. The zero-order chi connectivity index (χ0) is 14.8. The lowest BCUT2D eigenvalue weighted by Gasteiger charge is -2.12. The van der Waals surface area contributed by atoms with Gasteiger partial charge < -0.3 is 5.11 Å². The van der Waals surface area contributed by atoms with E-state index in [1.165, 1.54) is 17.4 Å². The van der Waals surface area contributed by atoms with E-state index in [0.717, 1.165) is 10.4 Å². The number of aliphatic hydroxyl groups excluding tert-OH is 1. The quantitative estimate of drug-likeness (QED) is 0.844. The normalized spacial score (nSPS) is 13.3. The molecule has 20 heavy (non-hydrogen) atoms. The summed E-state index contributed by atoms with van der Waals surface area (Å²) < 4.78 is 27.3. The third-order valence-corrected chi connectivity index (χ3v) is 6.35. The van der Waals surface area contributed by atoms with Gasteiger partial charge in [-0.2, -0.15) is 0 Å². The molecule has 2 aromatic rings. The minimum absolute atomic E-state index is 0.0506. The average molecular weight is 376 g/mol. The average Bonchev–Trinajstić information content (AvgIpc) is 2.83. The van der Waals surface area contributed by atoms with Crippen LogP contribution in [0.25, 0.3) is 0 Å². The molecule has 0 spiro atoms. The van der Waals surface area contributed by atoms with E-state index in [1.54, 1.807) is 18.2 Å². The van der Waals surface area contributed by atoms with E-state index in [2.05, 4.69) is 20.7 Å². The van der Waals surface area contributed by atoms with E-state index < -0.39 is 16.1 Å². The molecule has 1 unspecified atom stereocenters. The van der Waals surface area contributed by atoms with Crippen LogP contribution in [0.4, 0.5) is 0 Å². The number of benzene rings is 1. The van der Waals surface area contributed by atoms with Crippen LogP contribution in [0.1, 0.15) is 16.5 Å².